The first-order valence-corrected chi connectivity index (χ1v) is 5.37. The van der Waals surface area contributed by atoms with Crippen LogP contribution in [0.25, 0.3) is 0 Å². The summed E-state index contributed by atoms with van der Waals surface area (Å²) >= 11 is 0. The molecule has 1 saturated heterocycles. The van der Waals surface area contributed by atoms with Crippen LogP contribution in [0.5, 0.6) is 0 Å². The normalized spacial score (nSPS) is 18.9. The van der Waals surface area contributed by atoms with Crippen molar-refractivity contribution in [1.82, 2.24) is 15.2 Å². The molecule has 90 valence electrons. The SMILES string of the molecule is NCC(c1cccnc1)N1CC(=O)NC(=O)C1. The number of aromatic nitrogens is 1. The zero-order valence-electron chi connectivity index (χ0n) is 9.30. The molecule has 2 amide bonds. The molecule has 1 fully saturated rings. The molecule has 1 aliphatic heterocycles. The van der Waals surface area contributed by atoms with Gasteiger partial charge in [-0.2, -0.15) is 0 Å². The summed E-state index contributed by atoms with van der Waals surface area (Å²) in [6.45, 7) is 0.706. The summed E-state index contributed by atoms with van der Waals surface area (Å²) in [6.07, 6.45) is 3.37. The molecule has 0 radical (unpaired) electrons. The lowest BCUT2D eigenvalue weighted by molar-refractivity contribution is -0.137. The van der Waals surface area contributed by atoms with Gasteiger partial charge < -0.3 is 5.73 Å². The fourth-order valence-electron chi connectivity index (χ4n) is 1.95. The molecule has 1 aromatic heterocycles. The molecule has 0 aromatic carbocycles. The summed E-state index contributed by atoms with van der Waals surface area (Å²) in [7, 11) is 0. The van der Waals surface area contributed by atoms with Crippen LogP contribution in [0.4, 0.5) is 0 Å². The van der Waals surface area contributed by atoms with Gasteiger partial charge in [0, 0.05) is 25.0 Å². The number of hydrogen-bond donors (Lipinski definition) is 2. The Morgan fingerprint density at radius 2 is 2.12 bits per heavy atom. The highest BCUT2D eigenvalue weighted by Gasteiger charge is 2.28. The van der Waals surface area contributed by atoms with Crippen molar-refractivity contribution in [2.24, 2.45) is 5.73 Å². The molecule has 3 N–H and O–H groups in total. The smallest absolute Gasteiger partial charge is 0.240 e. The van der Waals surface area contributed by atoms with E-state index in [4.69, 9.17) is 5.73 Å². The van der Waals surface area contributed by atoms with Crippen LogP contribution in [-0.2, 0) is 9.59 Å². The largest absolute Gasteiger partial charge is 0.329 e. The summed E-state index contributed by atoms with van der Waals surface area (Å²) in [5.41, 5.74) is 6.63. The minimum absolute atomic E-state index is 0.154. The highest BCUT2D eigenvalue weighted by atomic mass is 16.2. The average Bonchev–Trinajstić information content (AvgIpc) is 2.30. The lowest BCUT2D eigenvalue weighted by Crippen LogP contribution is -2.53. The summed E-state index contributed by atoms with van der Waals surface area (Å²) in [4.78, 5) is 28.4. The minimum atomic E-state index is -0.288. The fraction of sp³-hybridized carbons (Fsp3) is 0.364. The molecular formula is C11H14N4O2. The molecular weight excluding hydrogens is 220 g/mol. The van der Waals surface area contributed by atoms with Crippen molar-refractivity contribution in [1.29, 1.82) is 0 Å². The Balaban J connectivity index is 2.18. The number of pyridine rings is 1. The van der Waals surface area contributed by atoms with Gasteiger partial charge in [0.2, 0.25) is 11.8 Å². The number of imide groups is 1. The van der Waals surface area contributed by atoms with Crippen LogP contribution in [0.1, 0.15) is 11.6 Å². The van der Waals surface area contributed by atoms with Gasteiger partial charge in [-0.3, -0.25) is 24.8 Å². The molecule has 6 nitrogen and oxygen atoms in total. The Morgan fingerprint density at radius 1 is 1.41 bits per heavy atom. The standard InChI is InChI=1S/C11H14N4O2/c12-4-9(8-2-1-3-13-5-8)15-6-10(16)14-11(17)7-15/h1-3,5,9H,4,6-7,12H2,(H,14,16,17). The Labute approximate surface area is 98.8 Å². The van der Waals surface area contributed by atoms with Crippen molar-refractivity contribution in [3.63, 3.8) is 0 Å². The lowest BCUT2D eigenvalue weighted by atomic mass is 10.1. The predicted molar refractivity (Wildman–Crippen MR) is 60.8 cm³/mol. The molecule has 0 bridgehead atoms. The van der Waals surface area contributed by atoms with Gasteiger partial charge in [-0.1, -0.05) is 6.07 Å². The molecule has 0 saturated carbocycles. The number of amides is 2. The van der Waals surface area contributed by atoms with Crippen LogP contribution < -0.4 is 11.1 Å². The monoisotopic (exact) mass is 234 g/mol. The number of carbonyl (C=O) groups is 2. The fourth-order valence-corrected chi connectivity index (χ4v) is 1.95. The number of piperazine rings is 1. The van der Waals surface area contributed by atoms with Crippen LogP contribution >= 0.6 is 0 Å². The van der Waals surface area contributed by atoms with Crippen molar-refractivity contribution in [3.8, 4) is 0 Å². The van der Waals surface area contributed by atoms with Gasteiger partial charge in [0.25, 0.3) is 0 Å². The summed E-state index contributed by atoms with van der Waals surface area (Å²) in [5, 5.41) is 2.26. The van der Waals surface area contributed by atoms with Crippen LogP contribution in [0.3, 0.4) is 0 Å². The van der Waals surface area contributed by atoms with Crippen LogP contribution in [0.15, 0.2) is 24.5 Å². The molecule has 1 atom stereocenters. The Kier molecular flexibility index (Phi) is 3.46. The van der Waals surface area contributed by atoms with Crippen molar-refractivity contribution in [3.05, 3.63) is 30.1 Å². The minimum Gasteiger partial charge on any atom is -0.329 e. The van der Waals surface area contributed by atoms with Crippen LogP contribution in [0, 0.1) is 0 Å². The van der Waals surface area contributed by atoms with Crippen molar-refractivity contribution < 1.29 is 9.59 Å². The molecule has 1 unspecified atom stereocenters. The number of hydrogen-bond acceptors (Lipinski definition) is 5. The van der Waals surface area contributed by atoms with E-state index in [1.165, 1.54) is 0 Å². The van der Waals surface area contributed by atoms with E-state index in [2.05, 4.69) is 10.3 Å². The Bertz CT molecular complexity index is 405. The first-order valence-electron chi connectivity index (χ1n) is 5.37. The van der Waals surface area contributed by atoms with Gasteiger partial charge in [0.15, 0.2) is 0 Å². The maximum Gasteiger partial charge on any atom is 0.240 e. The van der Waals surface area contributed by atoms with Crippen LogP contribution in [0.2, 0.25) is 0 Å². The van der Waals surface area contributed by atoms with E-state index in [0.717, 1.165) is 5.56 Å². The van der Waals surface area contributed by atoms with Gasteiger partial charge >= 0.3 is 0 Å². The molecule has 2 rings (SSSR count). The molecule has 2 heterocycles. The summed E-state index contributed by atoms with van der Waals surface area (Å²) in [5.74, 6) is -0.577. The second-order valence-corrected chi connectivity index (χ2v) is 3.91. The van der Waals surface area contributed by atoms with E-state index in [9.17, 15) is 9.59 Å². The maximum absolute atomic E-state index is 11.3. The molecule has 0 aliphatic carbocycles. The number of nitrogens with zero attached hydrogens (tertiary/aromatic N) is 2. The Morgan fingerprint density at radius 3 is 2.65 bits per heavy atom. The molecule has 17 heavy (non-hydrogen) atoms. The summed E-state index contributed by atoms with van der Waals surface area (Å²) in [6, 6.07) is 3.55. The molecule has 1 aromatic rings. The van der Waals surface area contributed by atoms with Crippen molar-refractivity contribution in [2.45, 2.75) is 6.04 Å². The number of carbonyl (C=O) groups excluding carboxylic acids is 2. The van der Waals surface area contributed by atoms with E-state index >= 15 is 0 Å². The first-order chi connectivity index (χ1) is 8.20. The van der Waals surface area contributed by atoms with E-state index in [1.54, 1.807) is 17.3 Å². The van der Waals surface area contributed by atoms with E-state index in [0.29, 0.717) is 6.54 Å². The molecule has 1 aliphatic rings. The van der Waals surface area contributed by atoms with Gasteiger partial charge in [-0.15, -0.1) is 0 Å². The van der Waals surface area contributed by atoms with Gasteiger partial charge in [0.1, 0.15) is 0 Å². The Hall–Kier alpha value is -1.79. The highest BCUT2D eigenvalue weighted by Crippen LogP contribution is 2.19. The number of nitrogens with two attached hydrogens (primary N) is 1. The second-order valence-electron chi connectivity index (χ2n) is 3.91. The third-order valence-electron chi connectivity index (χ3n) is 2.71. The number of rotatable bonds is 3. The highest BCUT2D eigenvalue weighted by molar-refractivity contribution is 5.99. The first kappa shape index (κ1) is 11.7. The van der Waals surface area contributed by atoms with E-state index in [-0.39, 0.29) is 30.9 Å². The average molecular weight is 234 g/mol. The van der Waals surface area contributed by atoms with Gasteiger partial charge in [0.05, 0.1) is 13.1 Å². The summed E-state index contributed by atoms with van der Waals surface area (Å²) < 4.78 is 0. The van der Waals surface area contributed by atoms with E-state index < -0.39 is 0 Å². The zero-order valence-corrected chi connectivity index (χ0v) is 9.30. The molecule has 0 spiro atoms. The van der Waals surface area contributed by atoms with Gasteiger partial charge in [-0.05, 0) is 11.6 Å². The topological polar surface area (TPSA) is 88.3 Å². The van der Waals surface area contributed by atoms with E-state index in [1.807, 2.05) is 12.1 Å². The molecule has 6 heteroatoms. The third kappa shape index (κ3) is 2.66. The lowest BCUT2D eigenvalue weighted by Gasteiger charge is -2.32. The maximum atomic E-state index is 11.3. The zero-order chi connectivity index (χ0) is 12.3. The van der Waals surface area contributed by atoms with Crippen LogP contribution in [-0.4, -0.2) is 41.3 Å². The predicted octanol–water partition coefficient (Wildman–Crippen LogP) is -0.960. The van der Waals surface area contributed by atoms with Crippen molar-refractivity contribution in [2.75, 3.05) is 19.6 Å². The second kappa shape index (κ2) is 5.03. The van der Waals surface area contributed by atoms with Crippen molar-refractivity contribution >= 4 is 11.8 Å². The third-order valence-corrected chi connectivity index (χ3v) is 2.71. The van der Waals surface area contributed by atoms with Gasteiger partial charge in [-0.25, -0.2) is 0 Å². The number of nitrogens with one attached hydrogen (secondary N) is 1. The quantitative estimate of drug-likeness (QED) is 0.658.